The second kappa shape index (κ2) is 5.63. The van der Waals surface area contributed by atoms with Crippen molar-refractivity contribution in [2.24, 2.45) is 0 Å². The molecular weight excluding hydrogens is 251 g/mol. The molecule has 0 amide bonds. The molecule has 0 saturated heterocycles. The normalized spacial score (nSPS) is 11.6. The molecule has 0 unspecified atom stereocenters. The predicted octanol–water partition coefficient (Wildman–Crippen LogP) is 4.12. The lowest BCUT2D eigenvalue weighted by Gasteiger charge is -2.26. The van der Waals surface area contributed by atoms with Crippen LogP contribution >= 0.6 is 11.6 Å². The Morgan fingerprint density at radius 1 is 1.29 bits per heavy atom. The number of hydrogen-bond donors (Lipinski definition) is 0. The van der Waals surface area contributed by atoms with Gasteiger partial charge in [0.15, 0.2) is 0 Å². The van der Waals surface area contributed by atoms with Crippen molar-refractivity contribution < 1.29 is 13.2 Å². The first-order valence-corrected chi connectivity index (χ1v) is 5.88. The van der Waals surface area contributed by atoms with Crippen LogP contribution in [0, 0.1) is 6.92 Å². The van der Waals surface area contributed by atoms with Gasteiger partial charge in [-0.1, -0.05) is 17.7 Å². The Bertz CT molecular complexity index is 377. The van der Waals surface area contributed by atoms with E-state index in [9.17, 15) is 13.2 Å². The molecule has 1 aromatic carbocycles. The van der Waals surface area contributed by atoms with E-state index in [-0.39, 0.29) is 5.88 Å². The highest BCUT2D eigenvalue weighted by atomic mass is 35.5. The van der Waals surface area contributed by atoms with E-state index in [2.05, 4.69) is 0 Å². The zero-order valence-corrected chi connectivity index (χ0v) is 10.6. The quantitative estimate of drug-likeness (QED) is 0.740. The Morgan fingerprint density at radius 2 is 1.94 bits per heavy atom. The fourth-order valence-electron chi connectivity index (χ4n) is 1.71. The van der Waals surface area contributed by atoms with Gasteiger partial charge < -0.3 is 4.90 Å². The van der Waals surface area contributed by atoms with Crippen molar-refractivity contribution in [1.82, 2.24) is 0 Å². The molecule has 0 aromatic heterocycles. The summed E-state index contributed by atoms with van der Waals surface area (Å²) >= 11 is 5.77. The summed E-state index contributed by atoms with van der Waals surface area (Å²) in [4.78, 5) is 1.29. The first-order valence-electron chi connectivity index (χ1n) is 5.34. The zero-order valence-electron chi connectivity index (χ0n) is 9.81. The summed E-state index contributed by atoms with van der Waals surface area (Å²) in [6.07, 6.45) is -4.20. The SMILES string of the molecule is CCN(CC(F)(F)F)c1ccc(C)cc1CCl. The molecule has 17 heavy (non-hydrogen) atoms. The van der Waals surface area contributed by atoms with Gasteiger partial charge >= 0.3 is 6.18 Å². The molecule has 0 spiro atoms. The number of nitrogens with zero attached hydrogens (tertiary/aromatic N) is 1. The minimum atomic E-state index is -4.20. The molecule has 96 valence electrons. The molecule has 1 nitrogen and oxygen atoms in total. The Kier molecular flexibility index (Phi) is 4.69. The van der Waals surface area contributed by atoms with Crippen LogP contribution in [0.2, 0.25) is 0 Å². The van der Waals surface area contributed by atoms with Gasteiger partial charge in [-0.2, -0.15) is 13.2 Å². The maximum atomic E-state index is 12.4. The fraction of sp³-hybridized carbons (Fsp3) is 0.500. The molecule has 0 aliphatic carbocycles. The summed E-state index contributed by atoms with van der Waals surface area (Å²) in [6, 6.07) is 5.31. The lowest BCUT2D eigenvalue weighted by Crippen LogP contribution is -2.34. The average molecular weight is 266 g/mol. The summed E-state index contributed by atoms with van der Waals surface area (Å²) in [5.41, 5.74) is 2.29. The van der Waals surface area contributed by atoms with E-state index in [0.717, 1.165) is 11.1 Å². The zero-order chi connectivity index (χ0) is 13.1. The Balaban J connectivity index is 3.03. The second-order valence-electron chi connectivity index (χ2n) is 3.90. The van der Waals surface area contributed by atoms with Crippen LogP contribution in [-0.4, -0.2) is 19.3 Å². The van der Waals surface area contributed by atoms with Crippen LogP contribution in [-0.2, 0) is 5.88 Å². The number of benzene rings is 1. The molecule has 0 fully saturated rings. The van der Waals surface area contributed by atoms with Crippen LogP contribution in [0.4, 0.5) is 18.9 Å². The number of halogens is 4. The summed E-state index contributed by atoms with van der Waals surface area (Å²) < 4.78 is 37.3. The van der Waals surface area contributed by atoms with Crippen LogP contribution in [0.15, 0.2) is 18.2 Å². The predicted molar refractivity (Wildman–Crippen MR) is 64.7 cm³/mol. The summed E-state index contributed by atoms with van der Waals surface area (Å²) in [7, 11) is 0. The maximum Gasteiger partial charge on any atom is 0.405 e. The van der Waals surface area contributed by atoms with E-state index in [0.29, 0.717) is 12.2 Å². The molecule has 0 atom stereocenters. The largest absolute Gasteiger partial charge is 0.405 e. The van der Waals surface area contributed by atoms with Gasteiger partial charge in [0.2, 0.25) is 0 Å². The summed E-state index contributed by atoms with van der Waals surface area (Å²) in [5, 5.41) is 0. The van der Waals surface area contributed by atoms with Crippen LogP contribution < -0.4 is 4.90 Å². The van der Waals surface area contributed by atoms with Crippen molar-refractivity contribution in [3.8, 4) is 0 Å². The highest BCUT2D eigenvalue weighted by molar-refractivity contribution is 6.17. The number of rotatable bonds is 4. The van der Waals surface area contributed by atoms with E-state index < -0.39 is 12.7 Å². The van der Waals surface area contributed by atoms with Crippen molar-refractivity contribution in [3.05, 3.63) is 29.3 Å². The molecular formula is C12H15ClF3N. The minimum absolute atomic E-state index is 0.214. The van der Waals surface area contributed by atoms with Crippen molar-refractivity contribution in [2.75, 3.05) is 18.0 Å². The summed E-state index contributed by atoms with van der Waals surface area (Å²) in [6.45, 7) is 2.94. The van der Waals surface area contributed by atoms with Gasteiger partial charge in [0.25, 0.3) is 0 Å². The molecule has 0 aliphatic heterocycles. The third-order valence-corrected chi connectivity index (χ3v) is 2.76. The van der Waals surface area contributed by atoms with Gasteiger partial charge in [-0.3, -0.25) is 0 Å². The van der Waals surface area contributed by atoms with Crippen molar-refractivity contribution in [2.45, 2.75) is 25.9 Å². The van der Waals surface area contributed by atoms with E-state index in [1.54, 1.807) is 19.1 Å². The van der Waals surface area contributed by atoms with E-state index >= 15 is 0 Å². The molecule has 0 saturated carbocycles. The Labute approximate surface area is 104 Å². The van der Waals surface area contributed by atoms with Crippen LogP contribution in [0.1, 0.15) is 18.1 Å². The monoisotopic (exact) mass is 265 g/mol. The van der Waals surface area contributed by atoms with Gasteiger partial charge in [0.1, 0.15) is 6.54 Å². The molecule has 0 aliphatic rings. The van der Waals surface area contributed by atoms with Gasteiger partial charge in [-0.05, 0) is 25.5 Å². The number of hydrogen-bond acceptors (Lipinski definition) is 1. The first-order chi connectivity index (χ1) is 7.87. The van der Waals surface area contributed by atoms with Crippen LogP contribution in [0.3, 0.4) is 0 Å². The molecule has 1 aromatic rings. The van der Waals surface area contributed by atoms with Crippen molar-refractivity contribution in [1.29, 1.82) is 0 Å². The van der Waals surface area contributed by atoms with Gasteiger partial charge in [0, 0.05) is 18.1 Å². The topological polar surface area (TPSA) is 3.24 Å². The second-order valence-corrected chi connectivity index (χ2v) is 4.16. The van der Waals surface area contributed by atoms with Gasteiger partial charge in [0.05, 0.1) is 0 Å². The Hall–Kier alpha value is -0.900. The van der Waals surface area contributed by atoms with Crippen molar-refractivity contribution in [3.63, 3.8) is 0 Å². The lowest BCUT2D eigenvalue weighted by atomic mass is 10.1. The molecule has 0 heterocycles. The van der Waals surface area contributed by atoms with E-state index in [1.165, 1.54) is 4.90 Å². The number of alkyl halides is 4. The summed E-state index contributed by atoms with van der Waals surface area (Å²) in [5.74, 6) is 0.214. The highest BCUT2D eigenvalue weighted by Gasteiger charge is 2.30. The molecule has 0 N–H and O–H groups in total. The number of anilines is 1. The first kappa shape index (κ1) is 14.2. The molecule has 0 radical (unpaired) electrons. The molecule has 1 rings (SSSR count). The third-order valence-electron chi connectivity index (χ3n) is 2.47. The third kappa shape index (κ3) is 4.11. The standard InChI is InChI=1S/C12H15ClF3N/c1-3-17(8-12(14,15)16)11-5-4-9(2)6-10(11)7-13/h4-6H,3,7-8H2,1-2H3. The molecule has 5 heteroatoms. The van der Waals surface area contributed by atoms with Crippen LogP contribution in [0.25, 0.3) is 0 Å². The van der Waals surface area contributed by atoms with E-state index in [1.807, 2.05) is 13.0 Å². The smallest absolute Gasteiger partial charge is 0.363 e. The average Bonchev–Trinajstić information content (AvgIpc) is 2.24. The van der Waals surface area contributed by atoms with Gasteiger partial charge in [-0.15, -0.1) is 11.6 Å². The minimum Gasteiger partial charge on any atom is -0.363 e. The lowest BCUT2D eigenvalue weighted by molar-refractivity contribution is -0.119. The maximum absolute atomic E-state index is 12.4. The number of aryl methyl sites for hydroxylation is 1. The van der Waals surface area contributed by atoms with E-state index in [4.69, 9.17) is 11.6 Å². The van der Waals surface area contributed by atoms with Gasteiger partial charge in [-0.25, -0.2) is 0 Å². The fourth-order valence-corrected chi connectivity index (χ4v) is 1.93. The van der Waals surface area contributed by atoms with Crippen LogP contribution in [0.5, 0.6) is 0 Å². The van der Waals surface area contributed by atoms with Crippen molar-refractivity contribution >= 4 is 17.3 Å². The highest BCUT2D eigenvalue weighted by Crippen LogP contribution is 2.27. The molecule has 0 bridgehead atoms. The Morgan fingerprint density at radius 3 is 2.41 bits per heavy atom.